The van der Waals surface area contributed by atoms with E-state index in [0.717, 1.165) is 15.8 Å². The summed E-state index contributed by atoms with van der Waals surface area (Å²) >= 11 is 3.37. The van der Waals surface area contributed by atoms with E-state index in [2.05, 4.69) is 15.9 Å². The van der Waals surface area contributed by atoms with Gasteiger partial charge in [-0.05, 0) is 31.5 Å². The fourth-order valence-corrected chi connectivity index (χ4v) is 1.98. The molecule has 0 saturated heterocycles. The zero-order chi connectivity index (χ0) is 11.7. The van der Waals surface area contributed by atoms with Gasteiger partial charge in [-0.1, -0.05) is 22.0 Å². The number of fused-ring (bicyclic) bond motifs is 1. The molecule has 0 N–H and O–H groups in total. The molecule has 1 aromatic carbocycles. The average Bonchev–Trinajstić information content (AvgIpc) is 2.59. The van der Waals surface area contributed by atoms with Crippen LogP contribution >= 0.6 is 15.9 Å². The number of rotatable bonds is 2. The normalized spacial score (nSPS) is 18.1. The Hall–Kier alpha value is -1.03. The second kappa shape index (κ2) is 4.45. The lowest BCUT2D eigenvalue weighted by Gasteiger charge is -2.12. The SMILES string of the molecule is CC(C)OC(=O)C1Cc2ccc(Br)cc2O1. The predicted octanol–water partition coefficient (Wildman–Crippen LogP) is 2.70. The summed E-state index contributed by atoms with van der Waals surface area (Å²) in [5, 5.41) is 0. The molecular formula is C12H13BrO3. The lowest BCUT2D eigenvalue weighted by molar-refractivity contribution is -0.154. The van der Waals surface area contributed by atoms with Crippen molar-refractivity contribution in [2.24, 2.45) is 0 Å². The molecule has 3 nitrogen and oxygen atoms in total. The van der Waals surface area contributed by atoms with Crippen LogP contribution in [-0.4, -0.2) is 18.2 Å². The Bertz CT molecular complexity index is 415. The second-order valence-corrected chi connectivity index (χ2v) is 4.96. The minimum atomic E-state index is -0.494. The van der Waals surface area contributed by atoms with E-state index in [1.165, 1.54) is 0 Å². The molecule has 1 heterocycles. The summed E-state index contributed by atoms with van der Waals surface area (Å²) in [7, 11) is 0. The Kier molecular flexibility index (Phi) is 3.19. The Morgan fingerprint density at radius 3 is 3.00 bits per heavy atom. The van der Waals surface area contributed by atoms with Crippen molar-refractivity contribution in [3.05, 3.63) is 28.2 Å². The molecule has 0 amide bonds. The van der Waals surface area contributed by atoms with E-state index in [1.807, 2.05) is 32.0 Å². The monoisotopic (exact) mass is 284 g/mol. The number of carbonyl (C=O) groups excluding carboxylic acids is 1. The molecule has 0 spiro atoms. The number of hydrogen-bond donors (Lipinski definition) is 0. The Morgan fingerprint density at radius 1 is 1.56 bits per heavy atom. The zero-order valence-electron chi connectivity index (χ0n) is 9.20. The minimum Gasteiger partial charge on any atom is -0.478 e. The maximum Gasteiger partial charge on any atom is 0.347 e. The Morgan fingerprint density at radius 2 is 2.31 bits per heavy atom. The molecule has 1 aliphatic heterocycles. The van der Waals surface area contributed by atoms with Gasteiger partial charge in [0.15, 0.2) is 6.10 Å². The van der Waals surface area contributed by atoms with Crippen LogP contribution in [0, 0.1) is 0 Å². The van der Waals surface area contributed by atoms with Crippen molar-refractivity contribution in [1.29, 1.82) is 0 Å². The number of carbonyl (C=O) groups is 1. The van der Waals surface area contributed by atoms with Crippen LogP contribution in [0.2, 0.25) is 0 Å². The molecule has 0 aromatic heterocycles. The second-order valence-electron chi connectivity index (χ2n) is 4.05. The quantitative estimate of drug-likeness (QED) is 0.784. The third-order valence-corrected chi connectivity index (χ3v) is 2.81. The summed E-state index contributed by atoms with van der Waals surface area (Å²) in [6.07, 6.45) is -0.00741. The highest BCUT2D eigenvalue weighted by Crippen LogP contribution is 2.31. The number of halogens is 1. The van der Waals surface area contributed by atoms with Gasteiger partial charge in [-0.2, -0.15) is 0 Å². The summed E-state index contributed by atoms with van der Waals surface area (Å²) in [6.45, 7) is 3.66. The lowest BCUT2D eigenvalue weighted by atomic mass is 10.1. The molecule has 1 atom stereocenters. The van der Waals surface area contributed by atoms with Gasteiger partial charge in [0.25, 0.3) is 0 Å². The van der Waals surface area contributed by atoms with E-state index in [-0.39, 0.29) is 12.1 Å². The third kappa shape index (κ3) is 2.38. The van der Waals surface area contributed by atoms with Gasteiger partial charge in [-0.3, -0.25) is 0 Å². The van der Waals surface area contributed by atoms with Crippen molar-refractivity contribution < 1.29 is 14.3 Å². The summed E-state index contributed by atoms with van der Waals surface area (Å²) in [5.74, 6) is 0.474. The smallest absolute Gasteiger partial charge is 0.347 e. The van der Waals surface area contributed by atoms with Crippen molar-refractivity contribution >= 4 is 21.9 Å². The molecule has 0 bridgehead atoms. The first-order valence-electron chi connectivity index (χ1n) is 5.22. The molecular weight excluding hydrogens is 272 g/mol. The number of ether oxygens (including phenoxy) is 2. The van der Waals surface area contributed by atoms with Gasteiger partial charge in [-0.15, -0.1) is 0 Å². The molecule has 1 aromatic rings. The molecule has 0 fully saturated rings. The Labute approximate surface area is 103 Å². The highest BCUT2D eigenvalue weighted by atomic mass is 79.9. The molecule has 86 valence electrons. The average molecular weight is 285 g/mol. The van der Waals surface area contributed by atoms with E-state index in [1.54, 1.807) is 0 Å². The fourth-order valence-electron chi connectivity index (χ4n) is 1.64. The van der Waals surface area contributed by atoms with Crippen LogP contribution in [0.15, 0.2) is 22.7 Å². The first-order chi connectivity index (χ1) is 7.56. The highest BCUT2D eigenvalue weighted by Gasteiger charge is 2.30. The maximum atomic E-state index is 11.7. The summed E-state index contributed by atoms with van der Waals surface area (Å²) in [5.41, 5.74) is 1.05. The van der Waals surface area contributed by atoms with Crippen LogP contribution in [0.25, 0.3) is 0 Å². The van der Waals surface area contributed by atoms with Crippen molar-refractivity contribution in [3.8, 4) is 5.75 Å². The van der Waals surface area contributed by atoms with Crippen LogP contribution < -0.4 is 4.74 Å². The molecule has 0 aliphatic carbocycles. The largest absolute Gasteiger partial charge is 0.478 e. The summed E-state index contributed by atoms with van der Waals surface area (Å²) in [4.78, 5) is 11.7. The van der Waals surface area contributed by atoms with Gasteiger partial charge in [0, 0.05) is 10.9 Å². The lowest BCUT2D eigenvalue weighted by Crippen LogP contribution is -2.29. The standard InChI is InChI=1S/C12H13BrO3/c1-7(2)15-12(14)11-5-8-3-4-9(13)6-10(8)16-11/h3-4,6-7,11H,5H2,1-2H3. The molecule has 4 heteroatoms. The first kappa shape index (κ1) is 11.5. The molecule has 0 saturated carbocycles. The van der Waals surface area contributed by atoms with Gasteiger partial charge in [0.1, 0.15) is 5.75 Å². The summed E-state index contributed by atoms with van der Waals surface area (Å²) < 4.78 is 11.6. The zero-order valence-corrected chi connectivity index (χ0v) is 10.8. The van der Waals surface area contributed by atoms with Gasteiger partial charge in [0.2, 0.25) is 0 Å². The molecule has 1 unspecified atom stereocenters. The van der Waals surface area contributed by atoms with E-state index in [0.29, 0.717) is 6.42 Å². The maximum absolute atomic E-state index is 11.7. The van der Waals surface area contributed by atoms with Crippen LogP contribution in [0.4, 0.5) is 0 Å². The van der Waals surface area contributed by atoms with Crippen molar-refractivity contribution in [1.82, 2.24) is 0 Å². The fraction of sp³-hybridized carbons (Fsp3) is 0.417. The van der Waals surface area contributed by atoms with Crippen LogP contribution in [-0.2, 0) is 16.0 Å². The van der Waals surface area contributed by atoms with E-state index in [4.69, 9.17) is 9.47 Å². The van der Waals surface area contributed by atoms with Gasteiger partial charge in [-0.25, -0.2) is 4.79 Å². The molecule has 0 radical (unpaired) electrons. The van der Waals surface area contributed by atoms with Gasteiger partial charge in [0.05, 0.1) is 6.10 Å². The summed E-state index contributed by atoms with van der Waals surface area (Å²) in [6, 6.07) is 5.78. The molecule has 1 aliphatic rings. The van der Waals surface area contributed by atoms with E-state index in [9.17, 15) is 4.79 Å². The minimum absolute atomic E-state index is 0.105. The first-order valence-corrected chi connectivity index (χ1v) is 6.01. The van der Waals surface area contributed by atoms with E-state index >= 15 is 0 Å². The van der Waals surface area contributed by atoms with Gasteiger partial charge >= 0.3 is 5.97 Å². The van der Waals surface area contributed by atoms with Crippen LogP contribution in [0.1, 0.15) is 19.4 Å². The number of hydrogen-bond acceptors (Lipinski definition) is 3. The highest BCUT2D eigenvalue weighted by molar-refractivity contribution is 9.10. The number of esters is 1. The van der Waals surface area contributed by atoms with Crippen LogP contribution in [0.3, 0.4) is 0 Å². The van der Waals surface area contributed by atoms with Crippen molar-refractivity contribution in [2.45, 2.75) is 32.5 Å². The Balaban J connectivity index is 2.08. The molecule has 16 heavy (non-hydrogen) atoms. The topological polar surface area (TPSA) is 35.5 Å². The van der Waals surface area contributed by atoms with E-state index < -0.39 is 6.10 Å². The van der Waals surface area contributed by atoms with Crippen molar-refractivity contribution in [3.63, 3.8) is 0 Å². The van der Waals surface area contributed by atoms with Crippen LogP contribution in [0.5, 0.6) is 5.75 Å². The number of benzene rings is 1. The molecule has 2 rings (SSSR count). The van der Waals surface area contributed by atoms with Gasteiger partial charge < -0.3 is 9.47 Å². The predicted molar refractivity (Wildman–Crippen MR) is 63.5 cm³/mol. The third-order valence-electron chi connectivity index (χ3n) is 2.32. The van der Waals surface area contributed by atoms with Crippen molar-refractivity contribution in [2.75, 3.05) is 0 Å².